The average Bonchev–Trinajstić information content (AvgIpc) is 2.77. The summed E-state index contributed by atoms with van der Waals surface area (Å²) in [7, 11) is 1.26. The standard InChI is InChI=1S/C12H14N2O5/c1-19-7(15)3-5-2-6-4-13-8-9(6)14(11(8)16)10(5)12(17)18/h6,8-9,13H,2-4H2,1H3,(H,17,18)/t6-,8+,9-/m1/s1. The lowest BCUT2D eigenvalue weighted by Crippen LogP contribution is -2.68. The van der Waals surface area contributed by atoms with E-state index in [0.29, 0.717) is 18.5 Å². The van der Waals surface area contributed by atoms with Crippen LogP contribution in [-0.4, -0.2) is 53.6 Å². The third kappa shape index (κ3) is 1.58. The fourth-order valence-electron chi connectivity index (χ4n) is 3.29. The van der Waals surface area contributed by atoms with Crippen LogP contribution in [0.15, 0.2) is 11.3 Å². The van der Waals surface area contributed by atoms with Crippen molar-refractivity contribution in [2.45, 2.75) is 24.9 Å². The molecule has 0 bridgehead atoms. The Kier molecular flexibility index (Phi) is 2.60. The molecular formula is C12H14N2O5. The molecule has 0 aliphatic carbocycles. The second kappa shape index (κ2) is 4.06. The highest BCUT2D eigenvalue weighted by atomic mass is 16.5. The summed E-state index contributed by atoms with van der Waals surface area (Å²) in [5, 5.41) is 12.4. The van der Waals surface area contributed by atoms with E-state index in [4.69, 9.17) is 0 Å². The van der Waals surface area contributed by atoms with E-state index in [1.165, 1.54) is 12.0 Å². The van der Waals surface area contributed by atoms with E-state index in [9.17, 15) is 19.5 Å². The first-order valence-corrected chi connectivity index (χ1v) is 6.13. The van der Waals surface area contributed by atoms with Crippen LogP contribution in [0.25, 0.3) is 0 Å². The van der Waals surface area contributed by atoms with E-state index in [2.05, 4.69) is 10.1 Å². The molecule has 0 aromatic heterocycles. The van der Waals surface area contributed by atoms with Crippen LogP contribution in [-0.2, 0) is 19.1 Å². The Bertz CT molecular complexity index is 512. The van der Waals surface area contributed by atoms with Gasteiger partial charge in [0.25, 0.3) is 0 Å². The number of amides is 1. The molecule has 3 atom stereocenters. The summed E-state index contributed by atoms with van der Waals surface area (Å²) in [5.41, 5.74) is 0.452. The van der Waals surface area contributed by atoms with E-state index in [0.717, 1.165) is 0 Å². The third-order valence-electron chi connectivity index (χ3n) is 4.10. The van der Waals surface area contributed by atoms with Crippen LogP contribution in [0, 0.1) is 5.92 Å². The molecule has 0 saturated carbocycles. The lowest BCUT2D eigenvalue weighted by atomic mass is 9.78. The number of nitrogens with one attached hydrogen (secondary N) is 1. The first-order valence-electron chi connectivity index (χ1n) is 6.13. The van der Waals surface area contributed by atoms with Gasteiger partial charge in [-0.1, -0.05) is 0 Å². The maximum atomic E-state index is 11.9. The predicted molar refractivity (Wildman–Crippen MR) is 61.8 cm³/mol. The summed E-state index contributed by atoms with van der Waals surface area (Å²) in [6, 6.07) is -0.320. The average molecular weight is 266 g/mol. The number of carbonyl (C=O) groups is 3. The van der Waals surface area contributed by atoms with Crippen molar-refractivity contribution in [3.8, 4) is 0 Å². The summed E-state index contributed by atoms with van der Waals surface area (Å²) in [6.07, 6.45) is 0.449. The number of aliphatic carboxylic acids is 1. The van der Waals surface area contributed by atoms with Crippen molar-refractivity contribution in [1.29, 1.82) is 0 Å². The van der Waals surface area contributed by atoms with Crippen molar-refractivity contribution >= 4 is 17.8 Å². The quantitative estimate of drug-likeness (QED) is 0.507. The molecular weight excluding hydrogens is 252 g/mol. The van der Waals surface area contributed by atoms with E-state index < -0.39 is 11.9 Å². The largest absolute Gasteiger partial charge is 0.477 e. The van der Waals surface area contributed by atoms with Gasteiger partial charge < -0.3 is 15.2 Å². The number of rotatable bonds is 3. The molecule has 0 aromatic rings. The number of esters is 1. The number of β-lactam (4-membered cyclic amide) rings is 1. The van der Waals surface area contributed by atoms with Crippen molar-refractivity contribution < 1.29 is 24.2 Å². The molecule has 2 fully saturated rings. The number of hydrogen-bond donors (Lipinski definition) is 2. The molecule has 7 nitrogen and oxygen atoms in total. The van der Waals surface area contributed by atoms with Crippen molar-refractivity contribution in [2.75, 3.05) is 13.7 Å². The van der Waals surface area contributed by atoms with Gasteiger partial charge in [0.15, 0.2) is 0 Å². The number of ether oxygens (including phenoxy) is 1. The minimum atomic E-state index is -1.16. The van der Waals surface area contributed by atoms with Gasteiger partial charge in [0.1, 0.15) is 11.7 Å². The second-order valence-corrected chi connectivity index (χ2v) is 5.06. The molecule has 7 heteroatoms. The molecule has 3 aliphatic heterocycles. The molecule has 102 valence electrons. The summed E-state index contributed by atoms with van der Waals surface area (Å²) < 4.78 is 4.58. The van der Waals surface area contributed by atoms with Crippen molar-refractivity contribution in [2.24, 2.45) is 5.92 Å². The number of carboxylic acid groups (broad SMARTS) is 1. The molecule has 0 aromatic carbocycles. The van der Waals surface area contributed by atoms with Crippen LogP contribution in [0.1, 0.15) is 12.8 Å². The summed E-state index contributed by atoms with van der Waals surface area (Å²) in [5.74, 6) is -1.67. The van der Waals surface area contributed by atoms with Gasteiger partial charge in [0.05, 0.1) is 19.6 Å². The maximum absolute atomic E-state index is 11.9. The smallest absolute Gasteiger partial charge is 0.352 e. The second-order valence-electron chi connectivity index (χ2n) is 5.06. The van der Waals surface area contributed by atoms with E-state index in [-0.39, 0.29) is 36.0 Å². The van der Waals surface area contributed by atoms with Crippen LogP contribution in [0.4, 0.5) is 0 Å². The lowest BCUT2D eigenvalue weighted by Gasteiger charge is -2.48. The van der Waals surface area contributed by atoms with E-state index in [1.807, 2.05) is 0 Å². The fourth-order valence-corrected chi connectivity index (χ4v) is 3.29. The summed E-state index contributed by atoms with van der Waals surface area (Å²) in [4.78, 5) is 36.0. The zero-order valence-electron chi connectivity index (χ0n) is 10.4. The SMILES string of the molecule is COC(=O)CC1=C(C(=O)O)N2C(=O)[C@H]3NC[C@@H](C1)[C@H]32. The van der Waals surface area contributed by atoms with E-state index >= 15 is 0 Å². The van der Waals surface area contributed by atoms with Gasteiger partial charge in [-0.05, 0) is 17.9 Å². The number of nitrogens with zero attached hydrogens (tertiary/aromatic N) is 1. The molecule has 2 saturated heterocycles. The van der Waals surface area contributed by atoms with Gasteiger partial charge in [-0.3, -0.25) is 14.5 Å². The molecule has 0 unspecified atom stereocenters. The minimum absolute atomic E-state index is 0.0309. The number of carbonyl (C=O) groups excluding carboxylic acids is 2. The minimum Gasteiger partial charge on any atom is -0.477 e. The van der Waals surface area contributed by atoms with Crippen molar-refractivity contribution in [3.63, 3.8) is 0 Å². The Morgan fingerprint density at radius 3 is 2.89 bits per heavy atom. The zero-order valence-corrected chi connectivity index (χ0v) is 10.4. The van der Waals surface area contributed by atoms with Crippen LogP contribution in [0.5, 0.6) is 0 Å². The molecule has 19 heavy (non-hydrogen) atoms. The van der Waals surface area contributed by atoms with Gasteiger partial charge in [0.2, 0.25) is 5.91 Å². The monoisotopic (exact) mass is 266 g/mol. The number of carboxylic acids is 1. The van der Waals surface area contributed by atoms with Crippen LogP contribution in [0.3, 0.4) is 0 Å². The molecule has 2 N–H and O–H groups in total. The number of methoxy groups -OCH3 is 1. The molecule has 3 heterocycles. The Labute approximate surface area is 109 Å². The predicted octanol–water partition coefficient (Wildman–Crippen LogP) is -0.909. The number of hydrogen-bond acceptors (Lipinski definition) is 5. The molecule has 0 radical (unpaired) electrons. The highest BCUT2D eigenvalue weighted by Crippen LogP contribution is 2.43. The van der Waals surface area contributed by atoms with Crippen LogP contribution < -0.4 is 5.32 Å². The molecule has 0 spiro atoms. The third-order valence-corrected chi connectivity index (χ3v) is 4.10. The highest BCUT2D eigenvalue weighted by Gasteiger charge is 2.59. The first kappa shape index (κ1) is 12.2. The van der Waals surface area contributed by atoms with Crippen LogP contribution in [0.2, 0.25) is 0 Å². The van der Waals surface area contributed by atoms with Gasteiger partial charge >= 0.3 is 11.9 Å². The van der Waals surface area contributed by atoms with Gasteiger partial charge in [-0.25, -0.2) is 4.79 Å². The van der Waals surface area contributed by atoms with Gasteiger partial charge in [-0.15, -0.1) is 0 Å². The molecule has 1 amide bonds. The Morgan fingerprint density at radius 2 is 2.26 bits per heavy atom. The maximum Gasteiger partial charge on any atom is 0.352 e. The summed E-state index contributed by atoms with van der Waals surface area (Å²) in [6.45, 7) is 0.676. The van der Waals surface area contributed by atoms with Crippen molar-refractivity contribution in [3.05, 3.63) is 11.3 Å². The Balaban J connectivity index is 1.98. The van der Waals surface area contributed by atoms with Gasteiger partial charge in [0, 0.05) is 6.54 Å². The molecule has 3 rings (SSSR count). The summed E-state index contributed by atoms with van der Waals surface area (Å²) >= 11 is 0. The topological polar surface area (TPSA) is 95.9 Å². The zero-order chi connectivity index (χ0) is 13.7. The lowest BCUT2D eigenvalue weighted by molar-refractivity contribution is -0.153. The molecule has 3 aliphatic rings. The normalized spacial score (nSPS) is 31.9. The highest BCUT2D eigenvalue weighted by molar-refractivity contribution is 6.01. The fraction of sp³-hybridized carbons (Fsp3) is 0.583. The van der Waals surface area contributed by atoms with Crippen LogP contribution >= 0.6 is 0 Å². The first-order chi connectivity index (χ1) is 9.04. The Morgan fingerprint density at radius 1 is 1.53 bits per heavy atom. The van der Waals surface area contributed by atoms with Gasteiger partial charge in [-0.2, -0.15) is 0 Å². The van der Waals surface area contributed by atoms with E-state index in [1.54, 1.807) is 0 Å². The van der Waals surface area contributed by atoms with Crippen molar-refractivity contribution in [1.82, 2.24) is 10.2 Å². The Hall–Kier alpha value is -1.89.